The molecule has 6 heteroatoms. The lowest BCUT2D eigenvalue weighted by molar-refractivity contribution is 0.793. The van der Waals surface area contributed by atoms with E-state index in [2.05, 4.69) is 33.5 Å². The largest absolute Gasteiger partial charge is 0.370 e. The zero-order valence-corrected chi connectivity index (χ0v) is 13.1. The molecule has 2 aromatic rings. The molecule has 1 heterocycles. The van der Waals surface area contributed by atoms with Crippen molar-refractivity contribution in [2.45, 2.75) is 13.1 Å². The summed E-state index contributed by atoms with van der Waals surface area (Å²) in [7, 11) is 1.66. The Labute approximate surface area is 130 Å². The fourth-order valence-corrected chi connectivity index (χ4v) is 1.70. The summed E-state index contributed by atoms with van der Waals surface area (Å²) in [5.74, 6) is 0.454. The number of guanidine groups is 1. The molecule has 102 valence electrons. The van der Waals surface area contributed by atoms with Crippen molar-refractivity contribution < 1.29 is 0 Å². The van der Waals surface area contributed by atoms with Gasteiger partial charge in [0.15, 0.2) is 5.96 Å². The minimum atomic E-state index is 0. The third-order valence-corrected chi connectivity index (χ3v) is 2.63. The van der Waals surface area contributed by atoms with Crippen molar-refractivity contribution in [1.82, 2.24) is 14.9 Å². The SMILES string of the molecule is CN=C(N)NCc1cccc(Cn2ccnc2)c1.I. The van der Waals surface area contributed by atoms with E-state index in [9.17, 15) is 0 Å². The topological polar surface area (TPSA) is 68.2 Å². The van der Waals surface area contributed by atoms with Crippen LogP contribution in [0.1, 0.15) is 11.1 Å². The van der Waals surface area contributed by atoms with Crippen LogP contribution in [0.4, 0.5) is 0 Å². The van der Waals surface area contributed by atoms with Gasteiger partial charge in [-0.25, -0.2) is 4.98 Å². The van der Waals surface area contributed by atoms with Gasteiger partial charge in [0.25, 0.3) is 0 Å². The molecule has 2 rings (SSSR count). The van der Waals surface area contributed by atoms with Gasteiger partial charge in [-0.3, -0.25) is 4.99 Å². The van der Waals surface area contributed by atoms with Crippen LogP contribution < -0.4 is 11.1 Å². The van der Waals surface area contributed by atoms with Crippen LogP contribution in [0.3, 0.4) is 0 Å². The van der Waals surface area contributed by atoms with Crippen molar-refractivity contribution in [1.29, 1.82) is 0 Å². The molecule has 0 atom stereocenters. The standard InChI is InChI=1S/C13H17N5.HI/c1-15-13(14)17-8-11-3-2-4-12(7-11)9-18-6-5-16-10-18;/h2-7,10H,8-9H2,1H3,(H3,14,15,17);1H. The second-order valence-corrected chi connectivity index (χ2v) is 4.02. The number of hydrogen-bond acceptors (Lipinski definition) is 2. The monoisotopic (exact) mass is 371 g/mol. The summed E-state index contributed by atoms with van der Waals surface area (Å²) in [4.78, 5) is 7.89. The number of halogens is 1. The van der Waals surface area contributed by atoms with Crippen molar-refractivity contribution in [2.75, 3.05) is 7.05 Å². The highest BCUT2D eigenvalue weighted by Gasteiger charge is 1.98. The minimum absolute atomic E-state index is 0. The number of hydrogen-bond donors (Lipinski definition) is 2. The number of nitrogens with two attached hydrogens (primary N) is 1. The summed E-state index contributed by atoms with van der Waals surface area (Å²) in [5, 5.41) is 3.04. The Morgan fingerprint density at radius 1 is 1.42 bits per heavy atom. The van der Waals surface area contributed by atoms with Crippen LogP contribution in [0.5, 0.6) is 0 Å². The number of nitrogens with one attached hydrogen (secondary N) is 1. The van der Waals surface area contributed by atoms with Crippen molar-refractivity contribution >= 4 is 29.9 Å². The van der Waals surface area contributed by atoms with E-state index in [1.807, 2.05) is 23.2 Å². The molecule has 19 heavy (non-hydrogen) atoms. The first-order valence-corrected chi connectivity index (χ1v) is 5.77. The first-order chi connectivity index (χ1) is 8.78. The Kier molecular flexibility index (Phi) is 6.34. The van der Waals surface area contributed by atoms with E-state index in [4.69, 9.17) is 5.73 Å². The summed E-state index contributed by atoms with van der Waals surface area (Å²) in [6, 6.07) is 8.35. The van der Waals surface area contributed by atoms with E-state index in [0.29, 0.717) is 12.5 Å². The molecule has 0 fully saturated rings. The average molecular weight is 371 g/mol. The third-order valence-electron chi connectivity index (χ3n) is 2.63. The number of imidazole rings is 1. The fourth-order valence-electron chi connectivity index (χ4n) is 1.70. The molecule has 0 aliphatic carbocycles. The van der Waals surface area contributed by atoms with E-state index in [1.54, 1.807) is 13.2 Å². The number of benzene rings is 1. The van der Waals surface area contributed by atoms with Gasteiger partial charge in [-0.2, -0.15) is 0 Å². The first kappa shape index (κ1) is 15.5. The van der Waals surface area contributed by atoms with Crippen LogP contribution in [0.2, 0.25) is 0 Å². The van der Waals surface area contributed by atoms with Gasteiger partial charge in [0.2, 0.25) is 0 Å². The fraction of sp³-hybridized carbons (Fsp3) is 0.231. The molecule has 0 amide bonds. The zero-order valence-electron chi connectivity index (χ0n) is 10.8. The average Bonchev–Trinajstić information content (AvgIpc) is 2.89. The van der Waals surface area contributed by atoms with Gasteiger partial charge in [0, 0.05) is 32.5 Å². The lowest BCUT2D eigenvalue weighted by atomic mass is 10.1. The second-order valence-electron chi connectivity index (χ2n) is 4.02. The molecule has 0 saturated carbocycles. The molecule has 0 spiro atoms. The summed E-state index contributed by atoms with van der Waals surface area (Å²) in [6.07, 6.45) is 5.54. The highest BCUT2D eigenvalue weighted by Crippen LogP contribution is 2.07. The number of rotatable bonds is 4. The highest BCUT2D eigenvalue weighted by atomic mass is 127. The molecule has 0 bridgehead atoms. The summed E-state index contributed by atoms with van der Waals surface area (Å²) < 4.78 is 2.04. The lowest BCUT2D eigenvalue weighted by Crippen LogP contribution is -2.30. The Balaban J connectivity index is 0.00000180. The summed E-state index contributed by atoms with van der Waals surface area (Å²) >= 11 is 0. The molecule has 3 N–H and O–H groups in total. The predicted octanol–water partition coefficient (Wildman–Crippen LogP) is 1.58. The van der Waals surface area contributed by atoms with E-state index in [1.165, 1.54) is 11.1 Å². The Bertz CT molecular complexity index is 522. The second kappa shape index (κ2) is 7.78. The van der Waals surface area contributed by atoms with E-state index < -0.39 is 0 Å². The van der Waals surface area contributed by atoms with Crippen LogP contribution in [0.15, 0.2) is 48.0 Å². The summed E-state index contributed by atoms with van der Waals surface area (Å²) in [6.45, 7) is 1.51. The molecule has 0 radical (unpaired) electrons. The van der Waals surface area contributed by atoms with Gasteiger partial charge in [-0.15, -0.1) is 24.0 Å². The zero-order chi connectivity index (χ0) is 12.8. The van der Waals surface area contributed by atoms with Crippen LogP contribution in [0, 0.1) is 0 Å². The quantitative estimate of drug-likeness (QED) is 0.487. The molecular weight excluding hydrogens is 353 g/mol. The molecule has 1 aromatic carbocycles. The third kappa shape index (κ3) is 4.90. The molecule has 5 nitrogen and oxygen atoms in total. The van der Waals surface area contributed by atoms with Crippen molar-refractivity contribution in [2.24, 2.45) is 10.7 Å². The molecule has 0 aliphatic heterocycles. The van der Waals surface area contributed by atoms with Gasteiger partial charge in [-0.05, 0) is 11.1 Å². The summed E-state index contributed by atoms with van der Waals surface area (Å²) in [5.41, 5.74) is 8.01. The molecule has 0 unspecified atom stereocenters. The lowest BCUT2D eigenvalue weighted by Gasteiger charge is -2.07. The first-order valence-electron chi connectivity index (χ1n) is 5.77. The number of aliphatic imine (C=N–C) groups is 1. The van der Waals surface area contributed by atoms with Gasteiger partial charge in [0.1, 0.15) is 0 Å². The van der Waals surface area contributed by atoms with E-state index >= 15 is 0 Å². The van der Waals surface area contributed by atoms with Gasteiger partial charge in [-0.1, -0.05) is 24.3 Å². The normalized spacial score (nSPS) is 10.9. The highest BCUT2D eigenvalue weighted by molar-refractivity contribution is 14.0. The smallest absolute Gasteiger partial charge is 0.188 e. The van der Waals surface area contributed by atoms with Crippen LogP contribution in [0.25, 0.3) is 0 Å². The number of aromatic nitrogens is 2. The maximum Gasteiger partial charge on any atom is 0.188 e. The Morgan fingerprint density at radius 3 is 2.89 bits per heavy atom. The van der Waals surface area contributed by atoms with Crippen molar-refractivity contribution in [3.8, 4) is 0 Å². The van der Waals surface area contributed by atoms with Crippen LogP contribution in [-0.4, -0.2) is 22.6 Å². The number of nitrogens with zero attached hydrogens (tertiary/aromatic N) is 3. The van der Waals surface area contributed by atoms with Gasteiger partial charge in [0.05, 0.1) is 6.33 Å². The van der Waals surface area contributed by atoms with Crippen LogP contribution in [-0.2, 0) is 13.1 Å². The van der Waals surface area contributed by atoms with Gasteiger partial charge < -0.3 is 15.6 Å². The van der Waals surface area contributed by atoms with Crippen molar-refractivity contribution in [3.05, 3.63) is 54.1 Å². The van der Waals surface area contributed by atoms with E-state index in [-0.39, 0.29) is 24.0 Å². The predicted molar refractivity (Wildman–Crippen MR) is 87.6 cm³/mol. The molecule has 1 aromatic heterocycles. The van der Waals surface area contributed by atoms with Crippen molar-refractivity contribution in [3.63, 3.8) is 0 Å². The minimum Gasteiger partial charge on any atom is -0.370 e. The molecule has 0 saturated heterocycles. The Morgan fingerprint density at radius 2 is 2.21 bits per heavy atom. The van der Waals surface area contributed by atoms with Gasteiger partial charge >= 0.3 is 0 Å². The molecule has 0 aliphatic rings. The Hall–Kier alpha value is -1.57. The molecular formula is C13H18IN5. The van der Waals surface area contributed by atoms with Crippen LogP contribution >= 0.6 is 24.0 Å². The van der Waals surface area contributed by atoms with E-state index in [0.717, 1.165) is 6.54 Å². The maximum atomic E-state index is 5.60. The maximum absolute atomic E-state index is 5.60.